The van der Waals surface area contributed by atoms with E-state index in [4.69, 9.17) is 14.6 Å². The van der Waals surface area contributed by atoms with Gasteiger partial charge in [0.05, 0.1) is 5.92 Å². The van der Waals surface area contributed by atoms with Crippen molar-refractivity contribution in [1.82, 2.24) is 4.90 Å². The lowest BCUT2D eigenvalue weighted by Crippen LogP contribution is -2.45. The molecule has 9 nitrogen and oxygen atoms in total. The van der Waals surface area contributed by atoms with Crippen LogP contribution in [0.2, 0.25) is 0 Å². The van der Waals surface area contributed by atoms with E-state index in [1.807, 2.05) is 25.1 Å². The van der Waals surface area contributed by atoms with Gasteiger partial charge in [0.2, 0.25) is 5.91 Å². The molecule has 2 amide bonds. The van der Waals surface area contributed by atoms with Crippen LogP contribution in [-0.4, -0.2) is 58.9 Å². The molecule has 0 radical (unpaired) electrons. The van der Waals surface area contributed by atoms with E-state index in [0.717, 1.165) is 62.3 Å². The van der Waals surface area contributed by atoms with Gasteiger partial charge < -0.3 is 14.6 Å². The molecule has 0 aromatic heterocycles. The average molecular weight is 620 g/mol. The molecule has 242 valence electrons. The predicted molar refractivity (Wildman–Crippen MR) is 170 cm³/mol. The Kier molecular flexibility index (Phi) is 14.1. The van der Waals surface area contributed by atoms with Crippen LogP contribution < -0.4 is 0 Å². The number of unbranched alkanes of at least 4 members (excludes halogenated alkanes) is 7. The first kappa shape index (κ1) is 35.4. The van der Waals surface area contributed by atoms with Gasteiger partial charge in [-0.3, -0.25) is 19.2 Å². The fourth-order valence-electron chi connectivity index (χ4n) is 5.47. The topological polar surface area (TPSA) is 127 Å². The quantitative estimate of drug-likeness (QED) is 0.117. The minimum absolute atomic E-state index is 0.0386. The first-order valence-electron chi connectivity index (χ1n) is 15.8. The van der Waals surface area contributed by atoms with Crippen LogP contribution in [0.25, 0.3) is 5.57 Å². The maximum Gasteiger partial charge on any atom is 0.417 e. The Morgan fingerprint density at radius 3 is 2.22 bits per heavy atom. The maximum atomic E-state index is 13.8. The van der Waals surface area contributed by atoms with Crippen molar-refractivity contribution in [2.24, 2.45) is 5.92 Å². The highest BCUT2D eigenvalue weighted by molar-refractivity contribution is 6.25. The third-order valence-corrected chi connectivity index (χ3v) is 7.94. The Labute approximate surface area is 265 Å². The lowest BCUT2D eigenvalue weighted by molar-refractivity contribution is -0.158. The van der Waals surface area contributed by atoms with Gasteiger partial charge in [-0.15, -0.1) is 0 Å². The molecule has 0 bridgehead atoms. The van der Waals surface area contributed by atoms with Crippen LogP contribution in [0.5, 0.6) is 0 Å². The van der Waals surface area contributed by atoms with Crippen LogP contribution in [0.15, 0.2) is 60.7 Å². The summed E-state index contributed by atoms with van der Waals surface area (Å²) in [5.41, 5.74) is 2.34. The zero-order valence-electron chi connectivity index (χ0n) is 26.5. The average Bonchev–Trinajstić information content (AvgIpc) is 3.42. The third kappa shape index (κ3) is 10.5. The second kappa shape index (κ2) is 18.0. The van der Waals surface area contributed by atoms with Crippen molar-refractivity contribution in [2.75, 3.05) is 13.2 Å². The van der Waals surface area contributed by atoms with Gasteiger partial charge >= 0.3 is 12.1 Å². The lowest BCUT2D eigenvalue weighted by atomic mass is 9.92. The van der Waals surface area contributed by atoms with Crippen LogP contribution in [0.3, 0.4) is 0 Å². The summed E-state index contributed by atoms with van der Waals surface area (Å²) in [5.74, 6) is -3.67. The molecule has 0 unspecified atom stereocenters. The number of Topliss-reactive ketones (excluding diaryl/α,β-unsaturated/α-hetero) is 1. The summed E-state index contributed by atoms with van der Waals surface area (Å²) in [5, 5.41) is 8.90. The molecule has 1 fully saturated rings. The summed E-state index contributed by atoms with van der Waals surface area (Å²) >= 11 is 0. The minimum atomic E-state index is -1.56. The minimum Gasteiger partial charge on any atom is -0.453 e. The van der Waals surface area contributed by atoms with Crippen molar-refractivity contribution in [1.29, 1.82) is 0 Å². The smallest absolute Gasteiger partial charge is 0.417 e. The highest BCUT2D eigenvalue weighted by Gasteiger charge is 2.44. The van der Waals surface area contributed by atoms with Crippen LogP contribution in [0.1, 0.15) is 94.4 Å². The molecule has 2 aromatic carbocycles. The number of nitrogens with zero attached hydrogens (tertiary/aromatic N) is 1. The number of amides is 2. The first-order valence-corrected chi connectivity index (χ1v) is 15.8. The number of benzene rings is 2. The molecule has 45 heavy (non-hydrogen) atoms. The van der Waals surface area contributed by atoms with Crippen molar-refractivity contribution in [3.05, 3.63) is 77.4 Å². The van der Waals surface area contributed by atoms with Crippen LogP contribution in [0.4, 0.5) is 4.79 Å². The number of rotatable bonds is 18. The molecule has 1 aliphatic heterocycles. The van der Waals surface area contributed by atoms with Gasteiger partial charge in [0.25, 0.3) is 0 Å². The normalized spacial score (nSPS) is 16.2. The predicted octanol–water partition coefficient (Wildman–Crippen LogP) is 6.31. The van der Waals surface area contributed by atoms with Gasteiger partial charge in [0.1, 0.15) is 12.6 Å². The molecule has 1 N–H and O–H groups in total. The van der Waals surface area contributed by atoms with Gasteiger partial charge in [-0.05, 0) is 43.9 Å². The largest absolute Gasteiger partial charge is 0.453 e. The van der Waals surface area contributed by atoms with E-state index >= 15 is 0 Å². The molecule has 3 rings (SSSR count). The van der Waals surface area contributed by atoms with E-state index < -0.39 is 41.8 Å². The molecular weight excluding hydrogens is 574 g/mol. The van der Waals surface area contributed by atoms with Crippen molar-refractivity contribution in [3.8, 4) is 0 Å². The molecule has 1 heterocycles. The summed E-state index contributed by atoms with van der Waals surface area (Å²) in [7, 11) is 0. The molecule has 2 aromatic rings. The summed E-state index contributed by atoms with van der Waals surface area (Å²) in [4.78, 5) is 66.7. The van der Waals surface area contributed by atoms with Crippen LogP contribution >= 0.6 is 0 Å². The van der Waals surface area contributed by atoms with Gasteiger partial charge in [0, 0.05) is 25.5 Å². The van der Waals surface area contributed by atoms with Crippen molar-refractivity contribution < 1.29 is 38.6 Å². The molecule has 3 atom stereocenters. The zero-order valence-corrected chi connectivity index (χ0v) is 26.5. The van der Waals surface area contributed by atoms with E-state index in [9.17, 15) is 24.0 Å². The number of esters is 1. The number of hydrogen-bond acceptors (Lipinski definition) is 8. The fourth-order valence-corrected chi connectivity index (χ4v) is 5.47. The van der Waals surface area contributed by atoms with E-state index in [1.165, 1.54) is 13.0 Å². The number of hydrogen-bond donors (Lipinski definition) is 1. The number of carbonyl (C=O) groups excluding carboxylic acids is 5. The second-order valence-electron chi connectivity index (χ2n) is 11.6. The highest BCUT2D eigenvalue weighted by atomic mass is 16.6. The SMILES string of the molecule is CC(=O)O[C@@H](C(=O)C=C(C(=O)CCCCCCCCCCO)c1cccc(C)c1)[C@@H](C)C(=O)N1C(=O)OC[C@H]1c1ccccc1. The van der Waals surface area contributed by atoms with Gasteiger partial charge in [-0.25, -0.2) is 9.69 Å². The Bertz CT molecular complexity index is 1350. The second-order valence-corrected chi connectivity index (χ2v) is 11.6. The number of aliphatic hydroxyl groups is 1. The molecule has 1 aliphatic rings. The van der Waals surface area contributed by atoms with Gasteiger partial charge in [0.15, 0.2) is 17.7 Å². The third-order valence-electron chi connectivity index (χ3n) is 7.94. The van der Waals surface area contributed by atoms with E-state index in [1.54, 1.807) is 36.4 Å². The van der Waals surface area contributed by atoms with E-state index in [2.05, 4.69) is 0 Å². The highest BCUT2D eigenvalue weighted by Crippen LogP contribution is 2.31. The Hall–Kier alpha value is -4.11. The molecule has 1 saturated heterocycles. The van der Waals surface area contributed by atoms with Gasteiger partial charge in [-0.2, -0.15) is 0 Å². The van der Waals surface area contributed by atoms with Gasteiger partial charge in [-0.1, -0.05) is 98.7 Å². The zero-order chi connectivity index (χ0) is 32.8. The number of cyclic esters (lactones) is 1. The molecule has 0 aliphatic carbocycles. The Balaban J connectivity index is 1.79. The van der Waals surface area contributed by atoms with Crippen molar-refractivity contribution >= 4 is 35.1 Å². The summed E-state index contributed by atoms with van der Waals surface area (Å²) in [6, 6.07) is 15.5. The number of aliphatic hydroxyl groups excluding tert-OH is 1. The number of aryl methyl sites for hydroxylation is 1. The first-order chi connectivity index (χ1) is 21.6. The lowest BCUT2D eigenvalue weighted by Gasteiger charge is -2.27. The fraction of sp³-hybridized carbons (Fsp3) is 0.472. The molecule has 0 saturated carbocycles. The van der Waals surface area contributed by atoms with Crippen LogP contribution in [0, 0.1) is 12.8 Å². The number of carbonyl (C=O) groups is 5. The molecular formula is C36H45NO8. The number of imide groups is 1. The van der Waals surface area contributed by atoms with Crippen LogP contribution in [-0.2, 0) is 28.7 Å². The monoisotopic (exact) mass is 619 g/mol. The maximum absolute atomic E-state index is 13.8. The van der Waals surface area contributed by atoms with E-state index in [-0.39, 0.29) is 31.0 Å². The number of ether oxygens (including phenoxy) is 2. The molecule has 0 spiro atoms. The number of ketones is 2. The van der Waals surface area contributed by atoms with Crippen molar-refractivity contribution in [3.63, 3.8) is 0 Å². The summed E-state index contributed by atoms with van der Waals surface area (Å²) in [6.45, 7) is 4.63. The summed E-state index contributed by atoms with van der Waals surface area (Å²) in [6.07, 6.45) is 6.61. The van der Waals surface area contributed by atoms with E-state index in [0.29, 0.717) is 17.5 Å². The standard InChI is InChI=1S/C36H45NO8/c1-25-16-15-19-29(22-25)30(32(40)20-13-8-6-4-5-7-9-14-21-38)23-33(41)34(45-27(3)39)26(2)35(42)37-31(24-44-36(37)43)28-17-11-10-12-18-28/h10-12,15-19,22-23,26,31,34,38H,4-9,13-14,20-21,24H2,1-3H3/t26-,31+,34-/m1/s1. The number of allylic oxidation sites excluding steroid dienone is 1. The summed E-state index contributed by atoms with van der Waals surface area (Å²) < 4.78 is 10.6. The molecule has 9 heteroatoms. The van der Waals surface area contributed by atoms with Crippen molar-refractivity contribution in [2.45, 2.75) is 90.7 Å². The Morgan fingerprint density at radius 2 is 1.60 bits per heavy atom. The Morgan fingerprint density at radius 1 is 0.956 bits per heavy atom.